The van der Waals surface area contributed by atoms with Gasteiger partial charge in [-0.2, -0.15) is 5.21 Å². The third kappa shape index (κ3) is 16.0. The van der Waals surface area contributed by atoms with Crippen LogP contribution >= 0.6 is 0 Å². The van der Waals surface area contributed by atoms with E-state index in [1.54, 1.807) is 6.92 Å². The number of ketones is 1. The highest BCUT2D eigenvalue weighted by molar-refractivity contribution is 7.90. The summed E-state index contributed by atoms with van der Waals surface area (Å²) >= 11 is 0. The lowest BCUT2D eigenvalue weighted by Crippen LogP contribution is -2.40. The van der Waals surface area contributed by atoms with Crippen LogP contribution in [0.3, 0.4) is 0 Å². The summed E-state index contributed by atoms with van der Waals surface area (Å²) in [5.41, 5.74) is 0. The van der Waals surface area contributed by atoms with Gasteiger partial charge in [0.15, 0.2) is 5.82 Å². The summed E-state index contributed by atoms with van der Waals surface area (Å²) < 4.78 is 26.0. The van der Waals surface area contributed by atoms with Gasteiger partial charge in [0.25, 0.3) is 0 Å². The highest BCUT2D eigenvalue weighted by atomic mass is 32.2. The second-order valence-electron chi connectivity index (χ2n) is 9.27. The molecule has 1 heterocycles. The first-order valence-corrected chi connectivity index (χ1v) is 14.8. The number of carboxylic acid groups (broad SMARTS) is 2. The Bertz CT molecular complexity index is 1140. The predicted octanol–water partition coefficient (Wildman–Crippen LogP) is -0.935. The third-order valence-electron chi connectivity index (χ3n) is 5.82. The summed E-state index contributed by atoms with van der Waals surface area (Å²) in [5.74, 6) is -5.70. The average molecular weight is 604 g/mol. The van der Waals surface area contributed by atoms with Gasteiger partial charge in [-0.1, -0.05) is 12.1 Å². The maximum absolute atomic E-state index is 12.2. The minimum Gasteiger partial charge on any atom is -0.481 e. The van der Waals surface area contributed by atoms with Gasteiger partial charge >= 0.3 is 11.9 Å². The topological polar surface area (TPSA) is 268 Å². The van der Waals surface area contributed by atoms with Gasteiger partial charge < -0.3 is 20.8 Å². The number of hydrogen-bond donors (Lipinski definition) is 6. The molecule has 0 aromatic carbocycles. The Morgan fingerprint density at radius 3 is 2.22 bits per heavy atom. The zero-order valence-electron chi connectivity index (χ0n) is 22.8. The number of carbonyl (C=O) groups is 6. The van der Waals surface area contributed by atoms with Crippen molar-refractivity contribution in [2.24, 2.45) is 5.92 Å². The van der Waals surface area contributed by atoms with Gasteiger partial charge in [-0.05, 0) is 32.1 Å². The van der Waals surface area contributed by atoms with Crippen molar-refractivity contribution in [1.29, 1.82) is 0 Å². The molecule has 0 bridgehead atoms. The van der Waals surface area contributed by atoms with Gasteiger partial charge in [-0.3, -0.25) is 28.7 Å². The first-order valence-electron chi connectivity index (χ1n) is 13.1. The van der Waals surface area contributed by atoms with Gasteiger partial charge in [0.05, 0.1) is 11.7 Å². The van der Waals surface area contributed by atoms with Crippen LogP contribution in [0.5, 0.6) is 0 Å². The minimum absolute atomic E-state index is 0.0136. The molecule has 3 amide bonds. The highest BCUT2D eigenvalue weighted by Gasteiger charge is 2.24. The van der Waals surface area contributed by atoms with Crippen molar-refractivity contribution in [2.45, 2.75) is 83.6 Å². The van der Waals surface area contributed by atoms with E-state index in [-0.39, 0.29) is 70.1 Å². The maximum Gasteiger partial charge on any atom is 0.326 e. The number of rotatable bonds is 22. The molecule has 18 heteroatoms. The van der Waals surface area contributed by atoms with Crippen LogP contribution in [0.1, 0.15) is 77.0 Å². The van der Waals surface area contributed by atoms with Crippen LogP contribution in [0.25, 0.3) is 0 Å². The molecule has 2 atom stereocenters. The summed E-state index contributed by atoms with van der Waals surface area (Å²) in [6, 6.07) is -1.07. The van der Waals surface area contributed by atoms with Crippen molar-refractivity contribution in [1.82, 2.24) is 36.0 Å². The third-order valence-corrected chi connectivity index (χ3v) is 7.18. The van der Waals surface area contributed by atoms with Crippen LogP contribution in [-0.2, 0) is 45.2 Å². The number of tetrazole rings is 1. The summed E-state index contributed by atoms with van der Waals surface area (Å²) in [6.07, 6.45) is 0.162. The van der Waals surface area contributed by atoms with E-state index < -0.39 is 57.4 Å². The van der Waals surface area contributed by atoms with Crippen LogP contribution < -0.4 is 15.4 Å². The number of nitrogens with one attached hydrogen (secondary N) is 4. The van der Waals surface area contributed by atoms with Crippen molar-refractivity contribution in [2.75, 3.05) is 12.3 Å². The lowest BCUT2D eigenvalue weighted by atomic mass is 9.95. The van der Waals surface area contributed by atoms with Crippen LogP contribution in [0, 0.1) is 5.92 Å². The Morgan fingerprint density at radius 2 is 1.61 bits per heavy atom. The second kappa shape index (κ2) is 18.4. The maximum atomic E-state index is 12.2. The van der Waals surface area contributed by atoms with E-state index in [1.165, 1.54) is 0 Å². The summed E-state index contributed by atoms with van der Waals surface area (Å²) in [4.78, 5) is 70.3. The molecule has 230 valence electrons. The fourth-order valence-corrected chi connectivity index (χ4v) is 4.67. The number of hydrogen-bond acceptors (Lipinski definition) is 11. The van der Waals surface area contributed by atoms with Crippen molar-refractivity contribution >= 4 is 45.5 Å². The van der Waals surface area contributed by atoms with Gasteiger partial charge in [0.1, 0.15) is 11.8 Å². The van der Waals surface area contributed by atoms with Gasteiger partial charge in [-0.25, -0.2) is 13.2 Å². The molecule has 17 nitrogen and oxygen atoms in total. The number of aromatic amines is 1. The lowest BCUT2D eigenvalue weighted by molar-refractivity contribution is -0.145. The van der Waals surface area contributed by atoms with Gasteiger partial charge in [-0.15, -0.1) is 10.2 Å². The molecule has 1 rings (SSSR count). The molecular weight excluding hydrogens is 566 g/mol. The molecule has 0 aliphatic carbocycles. The molecular formula is C23H37N7O10S. The van der Waals surface area contributed by atoms with Crippen LogP contribution in [-0.4, -0.2) is 93.0 Å². The number of H-pyrrole nitrogens is 1. The molecule has 0 spiro atoms. The van der Waals surface area contributed by atoms with E-state index in [0.29, 0.717) is 18.7 Å². The molecule has 2 unspecified atom stereocenters. The van der Waals surface area contributed by atoms with Crippen LogP contribution in [0.2, 0.25) is 0 Å². The number of aliphatic carboxylic acids is 2. The van der Waals surface area contributed by atoms with Crippen molar-refractivity contribution in [3.8, 4) is 0 Å². The standard InChI is InChI=1S/C23H37N7O10S/c1-2-17(23(37)38)25-20(33)11-10-15(22(35)36)14-16(31)6-4-12-24-19(32)9-5-13-41(39,40)28-21(34)8-3-7-18-26-29-30-27-18/h15,17H,2-14H2,1H3,(H,24,32)(H,25,33)(H,28,34)(H,35,36)(H,37,38)(H,26,27,29,30). The molecule has 1 aromatic heterocycles. The quantitative estimate of drug-likeness (QED) is 0.0875. The van der Waals surface area contributed by atoms with E-state index in [4.69, 9.17) is 5.11 Å². The predicted molar refractivity (Wildman–Crippen MR) is 140 cm³/mol. The fraction of sp³-hybridized carbons (Fsp3) is 0.696. The summed E-state index contributed by atoms with van der Waals surface area (Å²) in [6.45, 7) is 1.69. The molecule has 0 radical (unpaired) electrons. The largest absolute Gasteiger partial charge is 0.481 e. The van der Waals surface area contributed by atoms with Gasteiger partial charge in [0, 0.05) is 45.1 Å². The van der Waals surface area contributed by atoms with E-state index >= 15 is 0 Å². The molecule has 6 N–H and O–H groups in total. The smallest absolute Gasteiger partial charge is 0.326 e. The number of aryl methyl sites for hydroxylation is 1. The molecule has 1 aromatic rings. The lowest BCUT2D eigenvalue weighted by Gasteiger charge is -2.14. The van der Waals surface area contributed by atoms with E-state index in [1.807, 2.05) is 4.72 Å². The van der Waals surface area contributed by atoms with E-state index in [9.17, 15) is 42.3 Å². The molecule has 0 fully saturated rings. The molecule has 0 aliphatic heterocycles. The molecule has 0 saturated carbocycles. The zero-order chi connectivity index (χ0) is 30.8. The number of aromatic nitrogens is 4. The van der Waals surface area contributed by atoms with Crippen LogP contribution in [0.15, 0.2) is 0 Å². The van der Waals surface area contributed by atoms with E-state index in [2.05, 4.69) is 31.3 Å². The number of sulfonamides is 1. The fourth-order valence-electron chi connectivity index (χ4n) is 3.60. The Labute approximate surface area is 236 Å². The zero-order valence-corrected chi connectivity index (χ0v) is 23.6. The van der Waals surface area contributed by atoms with E-state index in [0.717, 1.165) is 0 Å². The first-order chi connectivity index (χ1) is 19.3. The van der Waals surface area contributed by atoms with Crippen molar-refractivity contribution in [3.63, 3.8) is 0 Å². The van der Waals surface area contributed by atoms with Crippen molar-refractivity contribution < 1.29 is 47.4 Å². The number of carboxylic acids is 2. The second-order valence-corrected chi connectivity index (χ2v) is 11.1. The average Bonchev–Trinajstić information content (AvgIpc) is 3.40. The Kier molecular flexibility index (Phi) is 15.7. The SMILES string of the molecule is CCC(NC(=O)CCC(CC(=O)CCCNC(=O)CCCS(=O)(=O)NC(=O)CCCc1nn[nH]n1)C(=O)O)C(=O)O. The number of Topliss-reactive ketones (excluding diaryl/α,β-unsaturated/α-hetero) is 1. The molecule has 41 heavy (non-hydrogen) atoms. The normalized spacial score (nSPS) is 12.6. The monoisotopic (exact) mass is 603 g/mol. The Balaban J connectivity index is 2.23. The first kappa shape index (κ1) is 35.1. The number of amides is 3. The Morgan fingerprint density at radius 1 is 0.902 bits per heavy atom. The number of nitrogens with zero attached hydrogens (tertiary/aromatic N) is 3. The number of carbonyl (C=O) groups excluding carboxylic acids is 4. The van der Waals surface area contributed by atoms with Crippen LogP contribution in [0.4, 0.5) is 0 Å². The molecule has 0 saturated heterocycles. The summed E-state index contributed by atoms with van der Waals surface area (Å²) in [5, 5.41) is 36.2. The molecule has 0 aliphatic rings. The van der Waals surface area contributed by atoms with Crippen molar-refractivity contribution in [3.05, 3.63) is 5.82 Å². The Hall–Kier alpha value is -3.96. The highest BCUT2D eigenvalue weighted by Crippen LogP contribution is 2.14. The summed E-state index contributed by atoms with van der Waals surface area (Å²) in [7, 11) is -3.91. The van der Waals surface area contributed by atoms with Gasteiger partial charge in [0.2, 0.25) is 27.7 Å². The minimum atomic E-state index is -3.91.